The number of carbonyl (C=O) groups excluding carboxylic acids is 2. The molecule has 0 bridgehead atoms. The molecule has 0 aromatic heterocycles. The van der Waals surface area contributed by atoms with Crippen LogP contribution in [-0.2, 0) is 18.7 Å². The van der Waals surface area contributed by atoms with Gasteiger partial charge in [-0.15, -0.1) is 0 Å². The second kappa shape index (κ2) is 4.65. The Morgan fingerprint density at radius 1 is 1.29 bits per heavy atom. The highest BCUT2D eigenvalue weighted by Crippen LogP contribution is 2.36. The fourth-order valence-electron chi connectivity index (χ4n) is 0.674. The van der Waals surface area contributed by atoms with Crippen LogP contribution in [0.4, 0.5) is 0 Å². The number of phosphoric ester groups is 1. The standard InChI is InChI=1S/C6H11O7P/c1-3(5(8)4(2)7)6(9)13-14(10,11)12/h3-4,7H,1-2H3,(H2,10,11,12). The van der Waals surface area contributed by atoms with Gasteiger partial charge in [0.2, 0.25) is 0 Å². The summed E-state index contributed by atoms with van der Waals surface area (Å²) >= 11 is 0. The fraction of sp³-hybridized carbons (Fsp3) is 0.667. The van der Waals surface area contributed by atoms with Gasteiger partial charge in [0, 0.05) is 0 Å². The minimum absolute atomic E-state index is 0.858. The number of carbonyl (C=O) groups is 2. The van der Waals surface area contributed by atoms with Gasteiger partial charge in [0.05, 0.1) is 0 Å². The van der Waals surface area contributed by atoms with Crippen LogP contribution in [0.3, 0.4) is 0 Å². The monoisotopic (exact) mass is 226 g/mol. The molecule has 0 heterocycles. The summed E-state index contributed by atoms with van der Waals surface area (Å²) in [6.07, 6.45) is -1.38. The van der Waals surface area contributed by atoms with E-state index in [4.69, 9.17) is 14.9 Å². The topological polar surface area (TPSA) is 121 Å². The molecule has 0 fully saturated rings. The first-order valence-corrected chi connectivity index (χ1v) is 5.19. The average Bonchev–Trinajstić information content (AvgIpc) is 1.98. The highest BCUT2D eigenvalue weighted by molar-refractivity contribution is 7.46. The normalized spacial score (nSPS) is 15.8. The zero-order chi connectivity index (χ0) is 11.5. The van der Waals surface area contributed by atoms with Crippen LogP contribution in [0, 0.1) is 5.92 Å². The van der Waals surface area contributed by atoms with E-state index in [9.17, 15) is 14.2 Å². The number of hydrogen-bond acceptors (Lipinski definition) is 5. The molecule has 2 unspecified atom stereocenters. The van der Waals surface area contributed by atoms with Gasteiger partial charge in [-0.2, -0.15) is 0 Å². The third-order valence-corrected chi connectivity index (χ3v) is 1.82. The number of ketones is 1. The van der Waals surface area contributed by atoms with E-state index in [1.807, 2.05) is 0 Å². The van der Waals surface area contributed by atoms with Gasteiger partial charge in [0.1, 0.15) is 12.0 Å². The lowest BCUT2D eigenvalue weighted by molar-refractivity contribution is -0.146. The lowest BCUT2D eigenvalue weighted by atomic mass is 10.0. The van der Waals surface area contributed by atoms with E-state index in [-0.39, 0.29) is 0 Å². The van der Waals surface area contributed by atoms with Crippen molar-refractivity contribution in [3.05, 3.63) is 0 Å². The van der Waals surface area contributed by atoms with Crippen LogP contribution in [0.5, 0.6) is 0 Å². The summed E-state index contributed by atoms with van der Waals surface area (Å²) in [7, 11) is -4.93. The maximum atomic E-state index is 11.0. The summed E-state index contributed by atoms with van der Waals surface area (Å²) in [5, 5.41) is 8.79. The Morgan fingerprint density at radius 2 is 1.71 bits per heavy atom. The summed E-state index contributed by atoms with van der Waals surface area (Å²) in [4.78, 5) is 38.3. The Kier molecular flexibility index (Phi) is 4.41. The Hall–Kier alpha value is -0.750. The molecule has 0 aromatic rings. The largest absolute Gasteiger partial charge is 0.527 e. The SMILES string of the molecule is CC(O)C(=O)C(C)C(=O)OP(=O)(O)O. The maximum Gasteiger partial charge on any atom is 0.527 e. The van der Waals surface area contributed by atoms with E-state index in [0.29, 0.717) is 0 Å². The van der Waals surface area contributed by atoms with Gasteiger partial charge in [-0.05, 0) is 13.8 Å². The number of rotatable bonds is 4. The number of aliphatic hydroxyl groups excluding tert-OH is 1. The molecule has 2 atom stereocenters. The van der Waals surface area contributed by atoms with Crippen LogP contribution in [0.15, 0.2) is 0 Å². The molecule has 0 saturated heterocycles. The van der Waals surface area contributed by atoms with Crippen LogP contribution in [0.25, 0.3) is 0 Å². The van der Waals surface area contributed by atoms with Gasteiger partial charge in [0.15, 0.2) is 5.78 Å². The quantitative estimate of drug-likeness (QED) is 0.424. The highest BCUT2D eigenvalue weighted by Gasteiger charge is 2.31. The maximum absolute atomic E-state index is 11.0. The van der Waals surface area contributed by atoms with Gasteiger partial charge in [-0.1, -0.05) is 0 Å². The third kappa shape index (κ3) is 4.48. The Labute approximate surface area is 79.9 Å². The fourth-order valence-corrected chi connectivity index (χ4v) is 1.07. The first-order chi connectivity index (χ1) is 6.15. The Morgan fingerprint density at radius 3 is 2.00 bits per heavy atom. The van der Waals surface area contributed by atoms with Crippen molar-refractivity contribution in [3.63, 3.8) is 0 Å². The number of hydrogen-bond donors (Lipinski definition) is 3. The number of phosphoric acid groups is 1. The molecule has 8 heteroatoms. The molecule has 0 rings (SSSR count). The van der Waals surface area contributed by atoms with Gasteiger partial charge in [-0.3, -0.25) is 19.4 Å². The molecule has 0 aliphatic carbocycles. The van der Waals surface area contributed by atoms with Crippen molar-refractivity contribution < 1.29 is 33.6 Å². The summed E-state index contributed by atoms with van der Waals surface area (Å²) < 4.78 is 13.9. The van der Waals surface area contributed by atoms with E-state index < -0.39 is 31.6 Å². The van der Waals surface area contributed by atoms with E-state index in [2.05, 4.69) is 4.52 Å². The molecule has 0 spiro atoms. The Bertz CT molecular complexity index is 278. The summed E-state index contributed by atoms with van der Waals surface area (Å²) in [5.41, 5.74) is 0. The summed E-state index contributed by atoms with van der Waals surface area (Å²) in [6, 6.07) is 0. The second-order valence-corrected chi connectivity index (χ2v) is 3.86. The molecule has 0 aliphatic rings. The van der Waals surface area contributed by atoms with Crippen LogP contribution in [0.1, 0.15) is 13.8 Å². The zero-order valence-electron chi connectivity index (χ0n) is 7.58. The zero-order valence-corrected chi connectivity index (χ0v) is 8.47. The van der Waals surface area contributed by atoms with Crippen molar-refractivity contribution in [2.45, 2.75) is 20.0 Å². The van der Waals surface area contributed by atoms with Crippen molar-refractivity contribution in [2.75, 3.05) is 0 Å². The smallest absolute Gasteiger partial charge is 0.386 e. The minimum Gasteiger partial charge on any atom is -0.386 e. The van der Waals surface area contributed by atoms with E-state index in [1.165, 1.54) is 0 Å². The molecule has 0 aromatic carbocycles. The van der Waals surface area contributed by atoms with Crippen molar-refractivity contribution in [1.29, 1.82) is 0 Å². The van der Waals surface area contributed by atoms with Crippen LogP contribution < -0.4 is 0 Å². The van der Waals surface area contributed by atoms with Gasteiger partial charge >= 0.3 is 13.8 Å². The first kappa shape index (κ1) is 13.2. The molecule has 3 N–H and O–H groups in total. The predicted molar refractivity (Wildman–Crippen MR) is 44.0 cm³/mol. The van der Waals surface area contributed by atoms with E-state index in [1.54, 1.807) is 0 Å². The van der Waals surface area contributed by atoms with Crippen molar-refractivity contribution >= 4 is 19.6 Å². The number of Topliss-reactive ketones (excluding diaryl/α,β-unsaturated/α-hetero) is 1. The van der Waals surface area contributed by atoms with E-state index in [0.717, 1.165) is 13.8 Å². The van der Waals surface area contributed by atoms with Crippen molar-refractivity contribution in [1.82, 2.24) is 0 Å². The third-order valence-electron chi connectivity index (χ3n) is 1.40. The molecule has 82 valence electrons. The molecule has 0 radical (unpaired) electrons. The summed E-state index contributed by atoms with van der Waals surface area (Å²) in [6.45, 7) is 2.23. The summed E-state index contributed by atoms with van der Waals surface area (Å²) in [5.74, 6) is -3.62. The number of aliphatic hydroxyl groups is 1. The van der Waals surface area contributed by atoms with Gasteiger partial charge in [0.25, 0.3) is 0 Å². The van der Waals surface area contributed by atoms with Crippen LogP contribution >= 0.6 is 7.82 Å². The predicted octanol–water partition coefficient (Wildman–Crippen LogP) is -0.792. The minimum atomic E-state index is -4.93. The first-order valence-electron chi connectivity index (χ1n) is 3.66. The second-order valence-electron chi connectivity index (χ2n) is 2.70. The molecular formula is C6H11O7P. The van der Waals surface area contributed by atoms with Gasteiger partial charge in [-0.25, -0.2) is 4.57 Å². The van der Waals surface area contributed by atoms with E-state index >= 15 is 0 Å². The molecule has 0 saturated carbocycles. The van der Waals surface area contributed by atoms with Gasteiger partial charge < -0.3 is 9.63 Å². The molecular weight excluding hydrogens is 215 g/mol. The molecule has 14 heavy (non-hydrogen) atoms. The lowest BCUT2D eigenvalue weighted by Crippen LogP contribution is -2.30. The average molecular weight is 226 g/mol. The van der Waals surface area contributed by atoms with Crippen molar-refractivity contribution in [2.24, 2.45) is 5.92 Å². The van der Waals surface area contributed by atoms with Crippen LogP contribution in [-0.4, -0.2) is 32.7 Å². The molecule has 0 aliphatic heterocycles. The van der Waals surface area contributed by atoms with Crippen molar-refractivity contribution in [3.8, 4) is 0 Å². The van der Waals surface area contributed by atoms with Crippen LogP contribution in [0.2, 0.25) is 0 Å². The Balaban J connectivity index is 4.42. The highest BCUT2D eigenvalue weighted by atomic mass is 31.2. The molecule has 7 nitrogen and oxygen atoms in total. The molecule has 0 amide bonds. The lowest BCUT2D eigenvalue weighted by Gasteiger charge is -2.11.